The number of hydrogen-bond donors (Lipinski definition) is 1. The molecule has 10 nitrogen and oxygen atoms in total. The number of aryl methyl sites for hydroxylation is 1. The third-order valence-electron chi connectivity index (χ3n) is 9.61. The number of amides is 3. The van der Waals surface area contributed by atoms with Gasteiger partial charge in [0.05, 0.1) is 11.0 Å². The molecule has 3 saturated carbocycles. The highest BCUT2D eigenvalue weighted by Crippen LogP contribution is 2.71. The Labute approximate surface area is 231 Å². The third kappa shape index (κ3) is 3.72. The summed E-state index contributed by atoms with van der Waals surface area (Å²) in [6.45, 7) is 3.24. The highest BCUT2D eigenvalue weighted by molar-refractivity contribution is 6.00. The molecule has 2 bridgehead atoms. The minimum Gasteiger partial charge on any atom is -0.445 e. The highest BCUT2D eigenvalue weighted by atomic mass is 16.6. The molecule has 3 aliphatic carbocycles. The number of imidazole rings is 1. The number of carbonyl (C=O) groups is 3. The lowest BCUT2D eigenvalue weighted by Crippen LogP contribution is -2.78. The SMILES string of the molecule is Cn1c(=O)n(C2CCC(=O)NC2=O)c2cccc(C34CC(N5CCN(C(=O)OCc6ccccc6)CC5)(C3)C4)c21. The molecule has 1 N–H and O–H groups in total. The first-order valence-corrected chi connectivity index (χ1v) is 14.1. The Kier molecular flexibility index (Phi) is 5.68. The molecular weight excluding hydrogens is 510 g/mol. The Morgan fingerprint density at radius 3 is 2.40 bits per heavy atom. The van der Waals surface area contributed by atoms with Gasteiger partial charge in [-0.05, 0) is 42.9 Å². The minimum atomic E-state index is -0.681. The van der Waals surface area contributed by atoms with Crippen LogP contribution in [0.3, 0.4) is 0 Å². The van der Waals surface area contributed by atoms with Gasteiger partial charge < -0.3 is 9.64 Å². The van der Waals surface area contributed by atoms with Gasteiger partial charge in [0, 0.05) is 50.6 Å². The second kappa shape index (κ2) is 9.05. The molecule has 0 spiro atoms. The number of hydrogen-bond acceptors (Lipinski definition) is 6. The molecule has 3 heterocycles. The van der Waals surface area contributed by atoms with Gasteiger partial charge in [0.1, 0.15) is 12.6 Å². The van der Waals surface area contributed by atoms with Crippen LogP contribution in [0.5, 0.6) is 0 Å². The summed E-state index contributed by atoms with van der Waals surface area (Å²) < 4.78 is 8.76. The highest BCUT2D eigenvalue weighted by Gasteiger charge is 2.71. The fourth-order valence-corrected chi connectivity index (χ4v) is 7.63. The third-order valence-corrected chi connectivity index (χ3v) is 9.61. The number of nitrogens with one attached hydrogen (secondary N) is 1. The predicted molar refractivity (Wildman–Crippen MR) is 147 cm³/mol. The van der Waals surface area contributed by atoms with Gasteiger partial charge in [-0.1, -0.05) is 42.5 Å². The van der Waals surface area contributed by atoms with Crippen molar-refractivity contribution in [1.82, 2.24) is 24.3 Å². The van der Waals surface area contributed by atoms with Gasteiger partial charge in [-0.2, -0.15) is 0 Å². The molecule has 3 aromatic rings. The van der Waals surface area contributed by atoms with E-state index in [1.807, 2.05) is 42.5 Å². The van der Waals surface area contributed by atoms with E-state index in [1.54, 1.807) is 21.1 Å². The summed E-state index contributed by atoms with van der Waals surface area (Å²) in [6, 6.07) is 15.0. The molecule has 10 heteroatoms. The second-order valence-corrected chi connectivity index (χ2v) is 11.9. The van der Waals surface area contributed by atoms with Crippen molar-refractivity contribution < 1.29 is 19.1 Å². The van der Waals surface area contributed by atoms with Gasteiger partial charge in [-0.3, -0.25) is 28.9 Å². The van der Waals surface area contributed by atoms with E-state index < -0.39 is 11.9 Å². The molecular formula is C30H33N5O5. The van der Waals surface area contributed by atoms with Gasteiger partial charge in [0.25, 0.3) is 0 Å². The Morgan fingerprint density at radius 2 is 1.70 bits per heavy atom. The maximum absolute atomic E-state index is 13.3. The van der Waals surface area contributed by atoms with Crippen LogP contribution in [0.4, 0.5) is 4.79 Å². The van der Waals surface area contributed by atoms with Gasteiger partial charge in [-0.15, -0.1) is 0 Å². The fraction of sp³-hybridized carbons (Fsp3) is 0.467. The first kappa shape index (κ1) is 25.1. The van der Waals surface area contributed by atoms with E-state index in [1.165, 1.54) is 5.56 Å². The maximum Gasteiger partial charge on any atom is 0.410 e. The van der Waals surface area contributed by atoms with E-state index in [2.05, 4.69) is 16.3 Å². The Morgan fingerprint density at radius 1 is 0.975 bits per heavy atom. The van der Waals surface area contributed by atoms with Gasteiger partial charge in [0.15, 0.2) is 0 Å². The maximum atomic E-state index is 13.3. The van der Waals surface area contributed by atoms with Crippen LogP contribution in [-0.4, -0.2) is 68.6 Å². The summed E-state index contributed by atoms with van der Waals surface area (Å²) in [4.78, 5) is 54.6. The largest absolute Gasteiger partial charge is 0.445 e. The van der Waals surface area contributed by atoms with E-state index in [-0.39, 0.29) is 41.7 Å². The lowest BCUT2D eigenvalue weighted by Gasteiger charge is -2.75. The molecule has 1 atom stereocenters. The van der Waals surface area contributed by atoms with Crippen molar-refractivity contribution >= 4 is 28.9 Å². The standard InChI is InChI=1S/C30H33N5O5/c1-32-25-21(8-5-9-22(25)35(27(32)38)23-10-11-24(36)31-26(23)37)29-17-30(18-29,19-29)34-14-12-33(13-15-34)28(39)40-16-20-6-3-2-4-7-20/h2-9,23H,10-19H2,1H3,(H,31,36,37). The molecule has 40 heavy (non-hydrogen) atoms. The van der Waals surface area contributed by atoms with E-state index in [0.717, 1.165) is 48.9 Å². The van der Waals surface area contributed by atoms with E-state index in [0.29, 0.717) is 19.5 Å². The molecule has 2 aliphatic heterocycles. The smallest absolute Gasteiger partial charge is 0.410 e. The zero-order valence-corrected chi connectivity index (χ0v) is 22.6. The number of imide groups is 1. The molecule has 208 valence electrons. The molecule has 8 rings (SSSR count). The number of carbonyl (C=O) groups excluding carboxylic acids is 3. The normalized spacial score (nSPS) is 28.1. The summed E-state index contributed by atoms with van der Waals surface area (Å²) in [6.07, 6.45) is 3.36. The number of nitrogens with zero attached hydrogens (tertiary/aromatic N) is 4. The number of benzene rings is 2. The molecule has 3 amide bonds. The monoisotopic (exact) mass is 543 g/mol. The van der Waals surface area contributed by atoms with Crippen molar-refractivity contribution in [3.8, 4) is 0 Å². The summed E-state index contributed by atoms with van der Waals surface area (Å²) in [5, 5.41) is 2.39. The van der Waals surface area contributed by atoms with Crippen molar-refractivity contribution in [3.63, 3.8) is 0 Å². The van der Waals surface area contributed by atoms with Crippen LogP contribution in [0, 0.1) is 0 Å². The molecule has 1 unspecified atom stereocenters. The number of piperazine rings is 1. The fourth-order valence-electron chi connectivity index (χ4n) is 7.63. The van der Waals surface area contributed by atoms with E-state index in [9.17, 15) is 19.2 Å². The number of piperidine rings is 1. The Bertz CT molecular complexity index is 1560. The summed E-state index contributed by atoms with van der Waals surface area (Å²) >= 11 is 0. The number of fused-ring (bicyclic) bond motifs is 1. The average Bonchev–Trinajstić information content (AvgIpc) is 3.17. The van der Waals surface area contributed by atoms with Crippen LogP contribution in [0.1, 0.15) is 49.3 Å². The Hall–Kier alpha value is -3.92. The van der Waals surface area contributed by atoms with Crippen LogP contribution in [-0.2, 0) is 33.4 Å². The molecule has 2 aromatic carbocycles. The summed E-state index contributed by atoms with van der Waals surface area (Å²) in [5.74, 6) is -0.705. The lowest BCUT2D eigenvalue weighted by atomic mass is 9.36. The summed E-state index contributed by atoms with van der Waals surface area (Å²) in [7, 11) is 1.77. The van der Waals surface area contributed by atoms with Crippen LogP contribution in [0.15, 0.2) is 53.3 Å². The zero-order chi connectivity index (χ0) is 27.6. The molecule has 2 saturated heterocycles. The van der Waals surface area contributed by atoms with Crippen molar-refractivity contribution in [3.05, 3.63) is 70.1 Å². The van der Waals surface area contributed by atoms with Crippen molar-refractivity contribution in [2.45, 2.75) is 55.7 Å². The predicted octanol–water partition coefficient (Wildman–Crippen LogP) is 2.45. The zero-order valence-electron chi connectivity index (χ0n) is 22.6. The Balaban J connectivity index is 1.03. The summed E-state index contributed by atoms with van der Waals surface area (Å²) in [5.41, 5.74) is 3.72. The topological polar surface area (TPSA) is 106 Å². The van der Waals surface area contributed by atoms with E-state index in [4.69, 9.17) is 4.74 Å². The van der Waals surface area contributed by atoms with Crippen molar-refractivity contribution in [2.24, 2.45) is 7.05 Å². The van der Waals surface area contributed by atoms with Crippen LogP contribution < -0.4 is 11.0 Å². The van der Waals surface area contributed by atoms with Gasteiger partial charge >= 0.3 is 11.8 Å². The molecule has 5 aliphatic rings. The van der Waals surface area contributed by atoms with Gasteiger partial charge in [0.2, 0.25) is 11.8 Å². The first-order valence-electron chi connectivity index (χ1n) is 14.1. The minimum absolute atomic E-state index is 0.0203. The van der Waals surface area contributed by atoms with Crippen LogP contribution >= 0.6 is 0 Å². The second-order valence-electron chi connectivity index (χ2n) is 11.9. The van der Waals surface area contributed by atoms with Crippen molar-refractivity contribution in [1.29, 1.82) is 0 Å². The van der Waals surface area contributed by atoms with E-state index >= 15 is 0 Å². The lowest BCUT2D eigenvalue weighted by molar-refractivity contribution is -0.177. The van der Waals surface area contributed by atoms with Crippen LogP contribution in [0.2, 0.25) is 0 Å². The number of aromatic nitrogens is 2. The molecule has 1 aromatic heterocycles. The number of rotatable bonds is 5. The quantitative estimate of drug-likeness (QED) is 0.496. The number of ether oxygens (including phenoxy) is 1. The number of para-hydroxylation sites is 1. The first-order chi connectivity index (χ1) is 19.3. The van der Waals surface area contributed by atoms with Crippen molar-refractivity contribution in [2.75, 3.05) is 26.2 Å². The molecule has 0 radical (unpaired) electrons. The average molecular weight is 544 g/mol. The molecule has 5 fully saturated rings. The van der Waals surface area contributed by atoms with Gasteiger partial charge in [-0.25, -0.2) is 9.59 Å². The van der Waals surface area contributed by atoms with Crippen LogP contribution in [0.25, 0.3) is 11.0 Å².